The largest absolute Gasteiger partial charge is 0.347 e. The average molecular weight is 360 g/mol. The molecular formula is C19H21FN2O2S. The summed E-state index contributed by atoms with van der Waals surface area (Å²) in [7, 11) is -1.03. The molecule has 0 saturated carbocycles. The zero-order valence-corrected chi connectivity index (χ0v) is 14.1. The Hall–Kier alpha value is -2.21. The van der Waals surface area contributed by atoms with E-state index in [1.165, 1.54) is 12.3 Å². The highest BCUT2D eigenvalue weighted by atomic mass is 32.2. The molecule has 0 saturated heterocycles. The second-order valence-corrected chi connectivity index (χ2v) is 8.53. The number of sulfone groups is 1. The van der Waals surface area contributed by atoms with Crippen molar-refractivity contribution in [2.75, 3.05) is 5.75 Å². The molecule has 0 spiro atoms. The van der Waals surface area contributed by atoms with E-state index in [1.54, 1.807) is 6.07 Å². The van der Waals surface area contributed by atoms with Gasteiger partial charge in [-0.2, -0.15) is 4.39 Å². The van der Waals surface area contributed by atoms with E-state index in [1.807, 2.05) is 19.2 Å². The fraction of sp³-hybridized carbons (Fsp3) is 0.316. The molecule has 132 valence electrons. The van der Waals surface area contributed by atoms with Gasteiger partial charge in [0, 0.05) is 36.3 Å². The molecule has 4 nitrogen and oxygen atoms in total. The second-order valence-electron chi connectivity index (χ2n) is 6.34. The summed E-state index contributed by atoms with van der Waals surface area (Å²) < 4.78 is 39.1. The third-order valence-corrected chi connectivity index (χ3v) is 6.27. The third-order valence-electron chi connectivity index (χ3n) is 4.71. The first-order valence-electron chi connectivity index (χ1n) is 7.83. The van der Waals surface area contributed by atoms with E-state index < -0.39 is 15.8 Å². The number of fused-ring (bicyclic) bond motifs is 3. The zero-order valence-electron chi connectivity index (χ0n) is 13.3. The number of nitrogens with zero attached hydrogens (tertiary/aromatic N) is 2. The Morgan fingerprint density at radius 3 is 2.68 bits per heavy atom. The fourth-order valence-electron chi connectivity index (χ4n) is 3.50. The lowest BCUT2D eigenvalue weighted by Crippen LogP contribution is -2.19. The van der Waals surface area contributed by atoms with Crippen LogP contribution in [-0.4, -0.2) is 23.7 Å². The molecule has 4 rings (SSSR count). The maximum Gasteiger partial charge on any atom is 0.212 e. The van der Waals surface area contributed by atoms with Crippen LogP contribution in [0.15, 0.2) is 36.5 Å². The predicted octanol–water partition coefficient (Wildman–Crippen LogP) is 3.41. The van der Waals surface area contributed by atoms with Crippen LogP contribution in [0.3, 0.4) is 0 Å². The van der Waals surface area contributed by atoms with Crippen LogP contribution in [0.25, 0.3) is 10.9 Å². The van der Waals surface area contributed by atoms with Crippen LogP contribution in [0.5, 0.6) is 0 Å². The van der Waals surface area contributed by atoms with Crippen molar-refractivity contribution in [1.29, 1.82) is 0 Å². The Morgan fingerprint density at radius 2 is 1.96 bits per heavy atom. The quantitative estimate of drug-likeness (QED) is 0.658. The van der Waals surface area contributed by atoms with E-state index in [0.717, 1.165) is 33.3 Å². The zero-order chi connectivity index (χ0) is 16.9. The SMILES string of the molecule is C.Cn1c2c(c3cc(Cc4ccc(F)nc4)ccc31)CS(=O)(=O)CC2. The summed E-state index contributed by atoms with van der Waals surface area (Å²) in [5, 5.41) is 1.00. The molecule has 2 aromatic heterocycles. The number of pyridine rings is 1. The Balaban J connectivity index is 0.00000182. The minimum absolute atomic E-state index is 0. The lowest BCUT2D eigenvalue weighted by molar-refractivity contribution is 0.582. The molecule has 0 amide bonds. The minimum atomic E-state index is -3.02. The van der Waals surface area contributed by atoms with Gasteiger partial charge in [-0.3, -0.25) is 0 Å². The summed E-state index contributed by atoms with van der Waals surface area (Å²) in [6.07, 6.45) is 2.74. The summed E-state index contributed by atoms with van der Waals surface area (Å²) in [5.74, 6) is -0.156. The van der Waals surface area contributed by atoms with Gasteiger partial charge in [0.25, 0.3) is 0 Å². The molecule has 6 heteroatoms. The van der Waals surface area contributed by atoms with Gasteiger partial charge in [-0.05, 0) is 41.3 Å². The van der Waals surface area contributed by atoms with Crippen LogP contribution in [0, 0.1) is 5.95 Å². The number of hydrogen-bond acceptors (Lipinski definition) is 3. The molecule has 3 heterocycles. The number of hydrogen-bond donors (Lipinski definition) is 0. The van der Waals surface area contributed by atoms with Gasteiger partial charge in [0.15, 0.2) is 9.84 Å². The van der Waals surface area contributed by atoms with Crippen molar-refractivity contribution in [3.8, 4) is 0 Å². The monoisotopic (exact) mass is 360 g/mol. The first-order valence-corrected chi connectivity index (χ1v) is 9.65. The number of aromatic nitrogens is 2. The lowest BCUT2D eigenvalue weighted by atomic mass is 10.0. The molecule has 0 radical (unpaired) electrons. The first kappa shape index (κ1) is 17.6. The van der Waals surface area contributed by atoms with Gasteiger partial charge >= 0.3 is 0 Å². The van der Waals surface area contributed by atoms with Gasteiger partial charge in [-0.25, -0.2) is 13.4 Å². The molecule has 0 N–H and O–H groups in total. The average Bonchev–Trinajstić information content (AvgIpc) is 2.81. The van der Waals surface area contributed by atoms with E-state index in [9.17, 15) is 12.8 Å². The van der Waals surface area contributed by atoms with E-state index in [-0.39, 0.29) is 18.9 Å². The van der Waals surface area contributed by atoms with Gasteiger partial charge in [-0.1, -0.05) is 19.6 Å². The van der Waals surface area contributed by atoms with Crippen molar-refractivity contribution in [3.05, 3.63) is 64.9 Å². The summed E-state index contributed by atoms with van der Waals surface area (Å²) in [5.41, 5.74) is 5.08. The third kappa shape index (κ3) is 3.18. The van der Waals surface area contributed by atoms with Gasteiger partial charge in [0.2, 0.25) is 5.95 Å². The highest BCUT2D eigenvalue weighted by Crippen LogP contribution is 2.32. The van der Waals surface area contributed by atoms with Crippen LogP contribution < -0.4 is 0 Å². The standard InChI is InChI=1S/C18H17FN2O2S.CH4/c1-21-16-4-2-12(8-13-3-5-18(19)20-10-13)9-14(16)15-11-24(22,23)7-6-17(15)21;/h2-5,9-10H,6-8,11H2,1H3;1H4. The highest BCUT2D eigenvalue weighted by molar-refractivity contribution is 7.90. The molecule has 1 aliphatic heterocycles. The molecule has 0 atom stereocenters. The maximum absolute atomic E-state index is 12.9. The van der Waals surface area contributed by atoms with E-state index in [0.29, 0.717) is 12.8 Å². The van der Waals surface area contributed by atoms with E-state index >= 15 is 0 Å². The Morgan fingerprint density at radius 1 is 1.20 bits per heavy atom. The number of benzene rings is 1. The summed E-state index contributed by atoms with van der Waals surface area (Å²) in [6, 6.07) is 9.19. The topological polar surface area (TPSA) is 52.0 Å². The van der Waals surface area contributed by atoms with Crippen LogP contribution in [0.2, 0.25) is 0 Å². The molecule has 1 aromatic carbocycles. The molecule has 25 heavy (non-hydrogen) atoms. The molecule has 0 fully saturated rings. The number of halogens is 1. The van der Waals surface area contributed by atoms with E-state index in [2.05, 4.69) is 15.6 Å². The van der Waals surface area contributed by atoms with Crippen molar-refractivity contribution in [2.24, 2.45) is 7.05 Å². The number of aryl methyl sites for hydroxylation is 1. The van der Waals surface area contributed by atoms with Crippen LogP contribution in [0.4, 0.5) is 4.39 Å². The van der Waals surface area contributed by atoms with Crippen molar-refractivity contribution < 1.29 is 12.8 Å². The van der Waals surface area contributed by atoms with Crippen molar-refractivity contribution in [3.63, 3.8) is 0 Å². The molecule has 0 unspecified atom stereocenters. The number of rotatable bonds is 2. The van der Waals surface area contributed by atoms with Crippen LogP contribution >= 0.6 is 0 Å². The van der Waals surface area contributed by atoms with Crippen molar-refractivity contribution in [2.45, 2.75) is 26.0 Å². The molecule has 3 aromatic rings. The summed E-state index contributed by atoms with van der Waals surface area (Å²) in [4.78, 5) is 3.68. The smallest absolute Gasteiger partial charge is 0.212 e. The van der Waals surface area contributed by atoms with Gasteiger partial charge in [-0.15, -0.1) is 0 Å². The Labute approximate surface area is 147 Å². The fourth-order valence-corrected chi connectivity index (χ4v) is 4.91. The van der Waals surface area contributed by atoms with Crippen molar-refractivity contribution in [1.82, 2.24) is 9.55 Å². The van der Waals surface area contributed by atoms with Crippen molar-refractivity contribution >= 4 is 20.7 Å². The summed E-state index contributed by atoms with van der Waals surface area (Å²) >= 11 is 0. The molecule has 0 aliphatic carbocycles. The maximum atomic E-state index is 12.9. The van der Waals surface area contributed by atoms with Gasteiger partial charge < -0.3 is 4.57 Å². The molecule has 0 bridgehead atoms. The molecular weight excluding hydrogens is 339 g/mol. The minimum Gasteiger partial charge on any atom is -0.347 e. The highest BCUT2D eigenvalue weighted by Gasteiger charge is 2.26. The lowest BCUT2D eigenvalue weighted by Gasteiger charge is -2.14. The van der Waals surface area contributed by atoms with E-state index in [4.69, 9.17) is 0 Å². The first-order chi connectivity index (χ1) is 11.4. The van der Waals surface area contributed by atoms with Gasteiger partial charge in [0.1, 0.15) is 0 Å². The van der Waals surface area contributed by atoms with Gasteiger partial charge in [0.05, 0.1) is 11.5 Å². The van der Waals surface area contributed by atoms with Crippen LogP contribution in [0.1, 0.15) is 29.8 Å². The summed E-state index contributed by atoms with van der Waals surface area (Å²) in [6.45, 7) is 0. The Kier molecular flexibility index (Phi) is 4.41. The predicted molar refractivity (Wildman–Crippen MR) is 97.8 cm³/mol. The normalized spacial score (nSPS) is 15.6. The Bertz CT molecular complexity index is 1040. The second kappa shape index (κ2) is 6.26. The van der Waals surface area contributed by atoms with Crippen LogP contribution in [-0.2, 0) is 35.5 Å². The molecule has 1 aliphatic rings.